The number of aliphatic hydroxyl groups is 7. The summed E-state index contributed by atoms with van der Waals surface area (Å²) in [5, 5.41) is 81.6. The van der Waals surface area contributed by atoms with Crippen molar-refractivity contribution in [2.75, 3.05) is 21.3 Å². The van der Waals surface area contributed by atoms with Crippen LogP contribution in [-0.4, -0.2) is 215 Å². The molecule has 5 heterocycles. The standard InChI is InChI=1S/C54H88O21/c1-25-45(59)35(63-9)21-42(66-25)74-48-29(5)70-44(23-37(48)65-11)75-49-28(4)69-43(22-36(49)64-10)73-47-27(3)68-41(20-34(47)57)72-46-26(2)67-40(19-33(46)56)71-32-13-14-50(7)31(18-32)12-15-53(61)38(50)24-39(58)51(8)52(60,30(6)55)16-17-54(51,53)62/h12,25-29,32-49,56-62H,13-24H2,1-11H3/t25-,26+,27+,28-,29+,32-,33-,34-,35+,36+,37-,38+,39+,40-,41-,42-,43-,44-,45-,46+,47+,48+,49-,50-,51+,52+,53-,54+/m0/s1. The van der Waals surface area contributed by atoms with Gasteiger partial charge in [0.1, 0.15) is 47.3 Å². The van der Waals surface area contributed by atoms with Gasteiger partial charge in [0.05, 0.1) is 78.7 Å². The third kappa shape index (κ3) is 10.2. The second-order valence-corrected chi connectivity index (χ2v) is 23.9. The minimum Gasteiger partial charge on any atom is -0.392 e. The molecule has 5 aliphatic heterocycles. The van der Waals surface area contributed by atoms with Crippen LogP contribution in [0.15, 0.2) is 11.6 Å². The van der Waals surface area contributed by atoms with Gasteiger partial charge in [0.15, 0.2) is 37.2 Å². The second-order valence-electron chi connectivity index (χ2n) is 23.9. The first-order valence-electron chi connectivity index (χ1n) is 27.6. The number of aliphatic hydroxyl groups excluding tert-OH is 4. The summed E-state index contributed by atoms with van der Waals surface area (Å²) in [5.41, 5.74) is -6.72. The summed E-state index contributed by atoms with van der Waals surface area (Å²) in [4.78, 5) is 12.8. The van der Waals surface area contributed by atoms with E-state index in [1.807, 2.05) is 19.9 Å². The summed E-state index contributed by atoms with van der Waals surface area (Å²) in [6, 6.07) is 0. The number of Topliss-reactive ketones (excluding diaryl/α,β-unsaturated/α-hetero) is 1. The van der Waals surface area contributed by atoms with Gasteiger partial charge in [-0.2, -0.15) is 0 Å². The van der Waals surface area contributed by atoms with E-state index in [0.717, 1.165) is 5.57 Å². The van der Waals surface area contributed by atoms with Gasteiger partial charge in [-0.25, -0.2) is 0 Å². The maximum Gasteiger partial charge on any atom is 0.162 e. The first kappa shape index (κ1) is 58.3. The average Bonchev–Trinajstić information content (AvgIpc) is 3.77. The molecule has 0 aromatic carbocycles. The molecule has 21 heteroatoms. The van der Waals surface area contributed by atoms with E-state index in [2.05, 4.69) is 6.92 Å². The van der Waals surface area contributed by atoms with E-state index in [1.54, 1.807) is 42.1 Å². The molecule has 75 heavy (non-hydrogen) atoms. The number of methoxy groups -OCH3 is 3. The molecule has 8 fully saturated rings. The first-order chi connectivity index (χ1) is 35.3. The van der Waals surface area contributed by atoms with Crippen LogP contribution in [0.5, 0.6) is 0 Å². The van der Waals surface area contributed by atoms with Gasteiger partial charge in [0.2, 0.25) is 0 Å². The maximum absolute atomic E-state index is 12.8. The van der Waals surface area contributed by atoms with Gasteiger partial charge in [-0.15, -0.1) is 0 Å². The molecule has 7 N–H and O–H groups in total. The van der Waals surface area contributed by atoms with Gasteiger partial charge in [-0.3, -0.25) is 4.79 Å². The highest BCUT2D eigenvalue weighted by Crippen LogP contribution is 2.70. The van der Waals surface area contributed by atoms with Crippen LogP contribution >= 0.6 is 0 Å². The summed E-state index contributed by atoms with van der Waals surface area (Å²) in [6.45, 7) is 14.0. The van der Waals surface area contributed by atoms with Crippen LogP contribution in [0.1, 0.15) is 132 Å². The Morgan fingerprint density at radius 3 is 1.49 bits per heavy atom. The molecule has 0 radical (unpaired) electrons. The van der Waals surface area contributed by atoms with E-state index in [-0.39, 0.29) is 50.7 Å². The SMILES string of the molecule is CO[C@H]1C[C@H](O[C@H]2[C@H](C)O[C@@H](O[C@H]3[C@@H](O)C[C@H](O[C@H]4[C@@H](O)C[C@H](O[C@H]5CC[C@@]6(C)C(=CC[C@]7(O)[C@@H]6C[C@@H](O)[C@@]6(C)[C@]7(O)CC[C@@]6(O)C(C)=O)C5)O[C@@H]4C)O[C@@H]3C)C[C@H]2OC)O[C@H](C)[C@H]1O[C@H]1C[C@@H](OC)[C@@H](O)[C@H](C)O1. The van der Waals surface area contributed by atoms with Gasteiger partial charge in [0, 0.05) is 59.4 Å². The minimum atomic E-state index is -1.97. The van der Waals surface area contributed by atoms with Crippen molar-refractivity contribution >= 4 is 5.78 Å². The van der Waals surface area contributed by atoms with Crippen molar-refractivity contribution in [1.82, 2.24) is 0 Å². The van der Waals surface area contributed by atoms with Crippen LogP contribution < -0.4 is 0 Å². The highest BCUT2D eigenvalue weighted by atomic mass is 16.8. The molecule has 0 spiro atoms. The minimum absolute atomic E-state index is 0.0142. The number of rotatable bonds is 14. The normalized spacial score (nSPS) is 54.3. The zero-order chi connectivity index (χ0) is 54.3. The Balaban J connectivity index is 0.736. The quantitative estimate of drug-likeness (QED) is 0.123. The molecule has 9 rings (SSSR count). The highest BCUT2D eigenvalue weighted by molar-refractivity contribution is 5.87. The fourth-order valence-corrected chi connectivity index (χ4v) is 15.2. The molecule has 28 atom stereocenters. The van der Waals surface area contributed by atoms with Crippen molar-refractivity contribution in [1.29, 1.82) is 0 Å². The lowest BCUT2D eigenvalue weighted by Crippen LogP contribution is -2.78. The summed E-state index contributed by atoms with van der Waals surface area (Å²) in [5.74, 6) is -1.06. The van der Waals surface area contributed by atoms with Crippen LogP contribution in [0, 0.1) is 16.7 Å². The van der Waals surface area contributed by atoms with E-state index in [0.29, 0.717) is 38.5 Å². The Morgan fingerprint density at radius 1 is 0.573 bits per heavy atom. The van der Waals surface area contributed by atoms with Crippen LogP contribution in [0.2, 0.25) is 0 Å². The molecule has 0 aromatic rings. The number of hydrogen-bond acceptors (Lipinski definition) is 21. The van der Waals surface area contributed by atoms with Crippen molar-refractivity contribution in [3.05, 3.63) is 11.6 Å². The Labute approximate surface area is 441 Å². The van der Waals surface area contributed by atoms with Crippen LogP contribution in [-0.2, 0) is 66.4 Å². The second kappa shape index (κ2) is 22.2. The fraction of sp³-hybridized carbons (Fsp3) is 0.944. The number of ketones is 1. The molecule has 4 aliphatic carbocycles. The lowest BCUT2D eigenvalue weighted by molar-refractivity contribution is -0.351. The fourth-order valence-electron chi connectivity index (χ4n) is 15.2. The van der Waals surface area contributed by atoms with Crippen molar-refractivity contribution in [3.63, 3.8) is 0 Å². The van der Waals surface area contributed by atoms with Gasteiger partial charge >= 0.3 is 0 Å². The van der Waals surface area contributed by atoms with Gasteiger partial charge in [-0.1, -0.05) is 25.5 Å². The zero-order valence-electron chi connectivity index (χ0n) is 45.7. The lowest BCUT2D eigenvalue weighted by Gasteiger charge is -2.66. The molecular weight excluding hydrogens is 985 g/mol. The highest BCUT2D eigenvalue weighted by Gasteiger charge is 2.80. The van der Waals surface area contributed by atoms with Crippen LogP contribution in [0.25, 0.3) is 0 Å². The summed E-state index contributed by atoms with van der Waals surface area (Å²) in [7, 11) is 4.77. The van der Waals surface area contributed by atoms with E-state index < -0.39 is 162 Å². The Kier molecular flexibility index (Phi) is 17.2. The van der Waals surface area contributed by atoms with E-state index in [4.69, 9.17) is 61.6 Å². The lowest BCUT2D eigenvalue weighted by atomic mass is 9.42. The van der Waals surface area contributed by atoms with Gasteiger partial charge in [-0.05, 0) is 91.9 Å². The van der Waals surface area contributed by atoms with Crippen LogP contribution in [0.4, 0.5) is 0 Å². The summed E-state index contributed by atoms with van der Waals surface area (Å²) in [6.07, 6.45) is -9.30. The number of fused-ring (bicyclic) bond motifs is 5. The molecule has 9 aliphatic rings. The average molecular weight is 1070 g/mol. The molecule has 0 bridgehead atoms. The number of carbonyl (C=O) groups excluding carboxylic acids is 1. The smallest absolute Gasteiger partial charge is 0.162 e. The molecule has 21 nitrogen and oxygen atoms in total. The van der Waals surface area contributed by atoms with Crippen LogP contribution in [0.3, 0.4) is 0 Å². The molecule has 0 unspecified atom stereocenters. The van der Waals surface area contributed by atoms with E-state index in [1.165, 1.54) is 13.8 Å². The number of hydrogen-bond donors (Lipinski definition) is 7. The zero-order valence-corrected chi connectivity index (χ0v) is 45.7. The topological polar surface area (TPSA) is 279 Å². The molecule has 0 aromatic heterocycles. The van der Waals surface area contributed by atoms with Gasteiger partial charge < -0.3 is 97.3 Å². The molecule has 3 saturated carbocycles. The predicted molar refractivity (Wildman–Crippen MR) is 261 cm³/mol. The maximum atomic E-state index is 12.8. The molecule has 5 saturated heterocycles. The monoisotopic (exact) mass is 1070 g/mol. The summed E-state index contributed by atoms with van der Waals surface area (Å²) < 4.78 is 80.7. The third-order valence-corrected chi connectivity index (χ3v) is 19.8. The molecule has 0 amide bonds. The Morgan fingerprint density at radius 2 is 1.01 bits per heavy atom. The molecule has 430 valence electrons. The van der Waals surface area contributed by atoms with Crippen molar-refractivity contribution in [2.45, 2.75) is 284 Å². The van der Waals surface area contributed by atoms with Crippen molar-refractivity contribution in [3.8, 4) is 0 Å². The number of carbonyl (C=O) groups is 1. The van der Waals surface area contributed by atoms with E-state index in [9.17, 15) is 40.5 Å². The predicted octanol–water partition coefficient (Wildman–Crippen LogP) is 2.20. The first-order valence-corrected chi connectivity index (χ1v) is 27.6. The van der Waals surface area contributed by atoms with Crippen molar-refractivity contribution in [2.24, 2.45) is 16.7 Å². The number of ether oxygens (including phenoxy) is 13. The van der Waals surface area contributed by atoms with Gasteiger partial charge in [0.25, 0.3) is 0 Å². The summed E-state index contributed by atoms with van der Waals surface area (Å²) >= 11 is 0. The van der Waals surface area contributed by atoms with E-state index >= 15 is 0 Å². The largest absolute Gasteiger partial charge is 0.392 e. The molecular formula is C54H88O21. The Bertz CT molecular complexity index is 1990. The third-order valence-electron chi connectivity index (χ3n) is 19.8. The van der Waals surface area contributed by atoms with Crippen molar-refractivity contribution < 1.29 is 102 Å². The Hall–Kier alpha value is -1.39.